The molecular formula is C24H31N3O3. The van der Waals surface area contributed by atoms with Gasteiger partial charge in [-0.2, -0.15) is 0 Å². The molecule has 1 aliphatic carbocycles. The second-order valence-electron chi connectivity index (χ2n) is 8.63. The highest BCUT2D eigenvalue weighted by atomic mass is 16.5. The van der Waals surface area contributed by atoms with Crippen molar-refractivity contribution < 1.29 is 14.3 Å². The SMILES string of the molecule is COc1ccc2cc(CN(C)C(=O)CN3CCC(NC(=O)C4CC4)CC3)ccc2c1. The van der Waals surface area contributed by atoms with Gasteiger partial charge in [0.25, 0.3) is 0 Å². The number of rotatable bonds is 7. The number of nitrogens with zero attached hydrogens (tertiary/aromatic N) is 2. The zero-order valence-corrected chi connectivity index (χ0v) is 17.9. The zero-order chi connectivity index (χ0) is 21.1. The number of likely N-dealkylation sites (N-methyl/N-ethyl adjacent to an activating group) is 1. The molecule has 0 radical (unpaired) electrons. The van der Waals surface area contributed by atoms with Gasteiger partial charge in [-0.05, 0) is 60.2 Å². The van der Waals surface area contributed by atoms with E-state index in [1.807, 2.05) is 25.2 Å². The first kappa shape index (κ1) is 20.7. The summed E-state index contributed by atoms with van der Waals surface area (Å²) in [4.78, 5) is 28.6. The number of nitrogens with one attached hydrogen (secondary N) is 1. The molecule has 2 aromatic carbocycles. The van der Waals surface area contributed by atoms with Crippen LogP contribution in [0, 0.1) is 5.92 Å². The fraction of sp³-hybridized carbons (Fsp3) is 0.500. The summed E-state index contributed by atoms with van der Waals surface area (Å²) in [5.74, 6) is 1.46. The van der Waals surface area contributed by atoms with Crippen molar-refractivity contribution >= 4 is 22.6 Å². The maximum Gasteiger partial charge on any atom is 0.236 e. The average molecular weight is 410 g/mol. The van der Waals surface area contributed by atoms with Crippen LogP contribution in [0.1, 0.15) is 31.2 Å². The van der Waals surface area contributed by atoms with E-state index in [1.54, 1.807) is 12.0 Å². The summed E-state index contributed by atoms with van der Waals surface area (Å²) in [7, 11) is 3.53. The third kappa shape index (κ3) is 5.11. The van der Waals surface area contributed by atoms with Gasteiger partial charge in [0.1, 0.15) is 5.75 Å². The fourth-order valence-corrected chi connectivity index (χ4v) is 4.07. The van der Waals surface area contributed by atoms with E-state index in [1.165, 1.54) is 0 Å². The normalized spacial score (nSPS) is 17.7. The first-order valence-corrected chi connectivity index (χ1v) is 10.8. The van der Waals surface area contributed by atoms with Gasteiger partial charge in [-0.3, -0.25) is 14.5 Å². The standard InChI is InChI=1S/C24H31N3O3/c1-26(15-17-3-4-20-14-22(30-2)8-7-19(20)13-17)23(28)16-27-11-9-21(10-12-27)25-24(29)18-5-6-18/h3-4,7-8,13-14,18,21H,5-6,9-12,15-16H2,1-2H3,(H,25,29). The topological polar surface area (TPSA) is 61.9 Å². The van der Waals surface area contributed by atoms with Gasteiger partial charge in [0.2, 0.25) is 11.8 Å². The number of piperidine rings is 1. The van der Waals surface area contributed by atoms with E-state index in [9.17, 15) is 9.59 Å². The number of carbonyl (C=O) groups excluding carboxylic acids is 2. The molecule has 2 amide bonds. The van der Waals surface area contributed by atoms with Gasteiger partial charge in [-0.1, -0.05) is 18.2 Å². The number of likely N-dealkylation sites (tertiary alicyclic amines) is 1. The first-order chi connectivity index (χ1) is 14.5. The van der Waals surface area contributed by atoms with E-state index in [0.29, 0.717) is 13.1 Å². The van der Waals surface area contributed by atoms with E-state index < -0.39 is 0 Å². The van der Waals surface area contributed by atoms with Crippen LogP contribution in [-0.4, -0.2) is 61.4 Å². The summed E-state index contributed by atoms with van der Waals surface area (Å²) in [6.45, 7) is 2.74. The lowest BCUT2D eigenvalue weighted by Crippen LogP contribution is -2.47. The Labute approximate surface area is 178 Å². The summed E-state index contributed by atoms with van der Waals surface area (Å²) in [5.41, 5.74) is 1.12. The molecule has 1 heterocycles. The molecule has 0 bridgehead atoms. The summed E-state index contributed by atoms with van der Waals surface area (Å²) in [6, 6.07) is 12.6. The Morgan fingerprint density at radius 3 is 2.47 bits per heavy atom. The average Bonchev–Trinajstić information content (AvgIpc) is 3.60. The Hall–Kier alpha value is -2.60. The Kier molecular flexibility index (Phi) is 6.23. The summed E-state index contributed by atoms with van der Waals surface area (Å²) < 4.78 is 5.28. The van der Waals surface area contributed by atoms with Gasteiger partial charge in [-0.15, -0.1) is 0 Å². The van der Waals surface area contributed by atoms with Crippen LogP contribution in [-0.2, 0) is 16.1 Å². The number of hydrogen-bond donors (Lipinski definition) is 1. The third-order valence-electron chi connectivity index (χ3n) is 6.20. The highest BCUT2D eigenvalue weighted by Crippen LogP contribution is 2.29. The molecule has 30 heavy (non-hydrogen) atoms. The van der Waals surface area contributed by atoms with Crippen molar-refractivity contribution in [3.8, 4) is 5.75 Å². The molecule has 0 atom stereocenters. The predicted octanol–water partition coefficient (Wildman–Crippen LogP) is 2.80. The van der Waals surface area contributed by atoms with E-state index in [2.05, 4.69) is 28.4 Å². The number of amides is 2. The first-order valence-electron chi connectivity index (χ1n) is 10.8. The van der Waals surface area contributed by atoms with Gasteiger partial charge in [0, 0.05) is 38.6 Å². The molecule has 1 N–H and O–H groups in total. The highest BCUT2D eigenvalue weighted by molar-refractivity contribution is 5.85. The summed E-state index contributed by atoms with van der Waals surface area (Å²) in [6.07, 6.45) is 3.92. The fourth-order valence-electron chi connectivity index (χ4n) is 4.07. The number of methoxy groups -OCH3 is 1. The van der Waals surface area contributed by atoms with E-state index in [4.69, 9.17) is 4.74 Å². The van der Waals surface area contributed by atoms with Crippen LogP contribution in [0.2, 0.25) is 0 Å². The molecule has 0 aromatic heterocycles. The lowest BCUT2D eigenvalue weighted by atomic mass is 10.0. The van der Waals surface area contributed by atoms with Gasteiger partial charge in [0.15, 0.2) is 0 Å². The monoisotopic (exact) mass is 409 g/mol. The lowest BCUT2D eigenvalue weighted by molar-refractivity contribution is -0.132. The lowest BCUT2D eigenvalue weighted by Gasteiger charge is -2.33. The number of ether oxygens (including phenoxy) is 1. The van der Waals surface area contributed by atoms with Crippen molar-refractivity contribution in [3.63, 3.8) is 0 Å². The van der Waals surface area contributed by atoms with E-state index in [-0.39, 0.29) is 23.8 Å². The van der Waals surface area contributed by atoms with Gasteiger partial charge < -0.3 is 15.0 Å². The van der Waals surface area contributed by atoms with Crippen molar-refractivity contribution in [1.29, 1.82) is 0 Å². The molecule has 2 aliphatic rings. The zero-order valence-electron chi connectivity index (χ0n) is 17.9. The minimum Gasteiger partial charge on any atom is -0.497 e. The smallest absolute Gasteiger partial charge is 0.236 e. The minimum atomic E-state index is 0.130. The predicted molar refractivity (Wildman–Crippen MR) is 117 cm³/mol. The van der Waals surface area contributed by atoms with Crippen molar-refractivity contribution in [3.05, 3.63) is 42.0 Å². The number of fused-ring (bicyclic) bond motifs is 1. The molecule has 160 valence electrons. The Morgan fingerprint density at radius 2 is 1.77 bits per heavy atom. The Bertz CT molecular complexity index is 917. The molecule has 1 saturated carbocycles. The maximum absolute atomic E-state index is 12.7. The molecule has 6 heteroatoms. The van der Waals surface area contributed by atoms with Crippen molar-refractivity contribution in [2.75, 3.05) is 33.8 Å². The maximum atomic E-state index is 12.7. The quantitative estimate of drug-likeness (QED) is 0.764. The third-order valence-corrected chi connectivity index (χ3v) is 6.20. The Balaban J connectivity index is 1.25. The molecule has 0 unspecified atom stereocenters. The summed E-state index contributed by atoms with van der Waals surface area (Å²) >= 11 is 0. The van der Waals surface area contributed by atoms with Crippen molar-refractivity contribution in [2.24, 2.45) is 5.92 Å². The van der Waals surface area contributed by atoms with Crippen LogP contribution in [0.5, 0.6) is 5.75 Å². The van der Waals surface area contributed by atoms with Gasteiger partial charge in [-0.25, -0.2) is 0 Å². The molecule has 2 aromatic rings. The van der Waals surface area contributed by atoms with Crippen LogP contribution in [0.25, 0.3) is 10.8 Å². The highest BCUT2D eigenvalue weighted by Gasteiger charge is 2.32. The van der Waals surface area contributed by atoms with Crippen LogP contribution < -0.4 is 10.1 Å². The molecule has 4 rings (SSSR count). The molecule has 0 spiro atoms. The van der Waals surface area contributed by atoms with Gasteiger partial charge in [0.05, 0.1) is 13.7 Å². The van der Waals surface area contributed by atoms with Crippen LogP contribution >= 0.6 is 0 Å². The molecule has 1 aliphatic heterocycles. The molecule has 2 fully saturated rings. The number of benzene rings is 2. The minimum absolute atomic E-state index is 0.130. The molecule has 6 nitrogen and oxygen atoms in total. The summed E-state index contributed by atoms with van der Waals surface area (Å²) in [5, 5.41) is 5.43. The van der Waals surface area contributed by atoms with Crippen LogP contribution in [0.4, 0.5) is 0 Å². The second-order valence-corrected chi connectivity index (χ2v) is 8.63. The van der Waals surface area contributed by atoms with Gasteiger partial charge >= 0.3 is 0 Å². The van der Waals surface area contributed by atoms with Crippen molar-refractivity contribution in [2.45, 2.75) is 38.3 Å². The second kappa shape index (κ2) is 9.04. The van der Waals surface area contributed by atoms with Crippen LogP contribution in [0.3, 0.4) is 0 Å². The van der Waals surface area contributed by atoms with Crippen molar-refractivity contribution in [1.82, 2.24) is 15.1 Å². The molecule has 1 saturated heterocycles. The van der Waals surface area contributed by atoms with E-state index >= 15 is 0 Å². The number of hydrogen-bond acceptors (Lipinski definition) is 4. The van der Waals surface area contributed by atoms with Crippen LogP contribution in [0.15, 0.2) is 36.4 Å². The number of carbonyl (C=O) groups is 2. The Morgan fingerprint density at radius 1 is 1.07 bits per heavy atom. The molecular weight excluding hydrogens is 378 g/mol. The van der Waals surface area contributed by atoms with E-state index in [0.717, 1.165) is 60.9 Å². The largest absolute Gasteiger partial charge is 0.497 e.